The average Bonchev–Trinajstić information content (AvgIpc) is 3.32. The van der Waals surface area contributed by atoms with E-state index in [4.69, 9.17) is 9.47 Å². The lowest BCUT2D eigenvalue weighted by atomic mass is 9.80. The van der Waals surface area contributed by atoms with E-state index in [1.807, 2.05) is 25.2 Å². The molecule has 0 amide bonds. The molecule has 6 heteroatoms. The van der Waals surface area contributed by atoms with Crippen molar-refractivity contribution in [3.8, 4) is 0 Å². The molecular formula is C22H32NO5+. The number of likely N-dealkylation sites (tertiary alicyclic amines) is 1. The first-order chi connectivity index (χ1) is 13.4. The van der Waals surface area contributed by atoms with Gasteiger partial charge in [-0.05, 0) is 25.3 Å². The normalized spacial score (nSPS) is 27.3. The van der Waals surface area contributed by atoms with Crippen LogP contribution in [-0.4, -0.2) is 60.9 Å². The Bertz CT molecular complexity index is 687. The number of hydrogen-bond acceptors (Lipinski definition) is 5. The van der Waals surface area contributed by atoms with Crippen molar-refractivity contribution < 1.29 is 28.7 Å². The third kappa shape index (κ3) is 4.39. The number of benzene rings is 1. The number of nitrogens with zero attached hydrogens (tertiary/aromatic N) is 1. The van der Waals surface area contributed by atoms with Gasteiger partial charge in [0.05, 0.1) is 20.2 Å². The minimum atomic E-state index is -1.61. The lowest BCUT2D eigenvalue weighted by Gasteiger charge is -2.33. The average molecular weight is 391 g/mol. The van der Waals surface area contributed by atoms with Crippen LogP contribution >= 0.6 is 0 Å². The van der Waals surface area contributed by atoms with E-state index in [0.29, 0.717) is 29.6 Å². The van der Waals surface area contributed by atoms with Gasteiger partial charge in [-0.1, -0.05) is 43.2 Å². The van der Waals surface area contributed by atoms with Crippen molar-refractivity contribution in [1.82, 2.24) is 0 Å². The highest BCUT2D eigenvalue weighted by atomic mass is 16.6. The van der Waals surface area contributed by atoms with E-state index < -0.39 is 11.6 Å². The van der Waals surface area contributed by atoms with Gasteiger partial charge in [0, 0.05) is 12.3 Å². The zero-order valence-corrected chi connectivity index (χ0v) is 16.9. The summed E-state index contributed by atoms with van der Waals surface area (Å²) in [5.41, 5.74) is -1.00. The van der Waals surface area contributed by atoms with Crippen LogP contribution in [-0.2, 0) is 24.7 Å². The number of ether oxygens (including phenoxy) is 2. The lowest BCUT2D eigenvalue weighted by Crippen LogP contribution is -2.48. The Morgan fingerprint density at radius 1 is 1.18 bits per heavy atom. The molecule has 0 bridgehead atoms. The maximum atomic E-state index is 13.2. The van der Waals surface area contributed by atoms with Crippen LogP contribution in [0.3, 0.4) is 0 Å². The Morgan fingerprint density at radius 2 is 1.86 bits per heavy atom. The minimum absolute atomic E-state index is 0.121. The highest BCUT2D eigenvalue weighted by Gasteiger charge is 2.50. The summed E-state index contributed by atoms with van der Waals surface area (Å²) >= 11 is 0. The van der Waals surface area contributed by atoms with E-state index in [-0.39, 0.29) is 24.5 Å². The zero-order chi connectivity index (χ0) is 20.2. The molecule has 1 aromatic carbocycles. The molecule has 1 saturated heterocycles. The Hall–Kier alpha value is -1.92. The fourth-order valence-electron chi connectivity index (χ4n) is 4.69. The summed E-state index contributed by atoms with van der Waals surface area (Å²) in [6.45, 7) is 3.72. The van der Waals surface area contributed by atoms with Crippen LogP contribution in [0.15, 0.2) is 30.3 Å². The number of likely N-dealkylation sites (N-methyl/N-ethyl adjacent to an activating group) is 1. The van der Waals surface area contributed by atoms with Gasteiger partial charge in [-0.3, -0.25) is 0 Å². The maximum Gasteiger partial charge on any atom is 0.361 e. The Labute approximate surface area is 167 Å². The van der Waals surface area contributed by atoms with Crippen molar-refractivity contribution in [2.75, 3.05) is 33.3 Å². The Kier molecular flexibility index (Phi) is 6.40. The number of carbonyl (C=O) groups is 2. The number of carbonyl (C=O) groups excluding carboxylic acids is 2. The van der Waals surface area contributed by atoms with Crippen molar-refractivity contribution in [3.63, 3.8) is 0 Å². The first-order valence-corrected chi connectivity index (χ1v) is 10.4. The molecule has 2 fully saturated rings. The van der Waals surface area contributed by atoms with Crippen LogP contribution in [0.2, 0.25) is 0 Å². The van der Waals surface area contributed by atoms with Crippen LogP contribution < -0.4 is 0 Å². The number of aliphatic hydroxyl groups is 1. The second-order valence-electron chi connectivity index (χ2n) is 8.42. The first-order valence-electron chi connectivity index (χ1n) is 10.4. The standard InChI is InChI=1S/C22H32NO5/c1-3-27-20(24)16-23(2)14-13-19(15-23)28-21(25)22(26,18-11-7-8-12-18)17-9-5-4-6-10-17/h4-6,9-10,18-19,26H,3,7-8,11-16H2,1-2H3/q+1/t19-,22+,23+/m1/s1. The summed E-state index contributed by atoms with van der Waals surface area (Å²) in [6, 6.07) is 9.15. The molecule has 3 atom stereocenters. The van der Waals surface area contributed by atoms with E-state index in [9.17, 15) is 14.7 Å². The molecule has 1 N–H and O–H groups in total. The summed E-state index contributed by atoms with van der Waals surface area (Å²) in [4.78, 5) is 25.0. The third-order valence-corrected chi connectivity index (χ3v) is 6.20. The second kappa shape index (κ2) is 8.62. The van der Waals surface area contributed by atoms with Crippen molar-refractivity contribution in [2.24, 2.45) is 5.92 Å². The molecule has 1 aliphatic carbocycles. The molecule has 1 heterocycles. The van der Waals surface area contributed by atoms with Crippen LogP contribution in [0.1, 0.15) is 44.6 Å². The number of esters is 2. The second-order valence-corrected chi connectivity index (χ2v) is 8.42. The monoisotopic (exact) mass is 390 g/mol. The molecular weight excluding hydrogens is 358 g/mol. The SMILES string of the molecule is CCOC(=O)C[N@@+]1(C)CC[C@@H](OC(=O)[C@](O)(c2ccccc2)C2CCCC2)C1. The highest BCUT2D eigenvalue weighted by Crippen LogP contribution is 2.42. The maximum absolute atomic E-state index is 13.2. The van der Waals surface area contributed by atoms with E-state index >= 15 is 0 Å². The van der Waals surface area contributed by atoms with Crippen LogP contribution in [0.4, 0.5) is 0 Å². The predicted molar refractivity (Wildman–Crippen MR) is 104 cm³/mol. The molecule has 3 rings (SSSR count). The summed E-state index contributed by atoms with van der Waals surface area (Å²) in [5, 5.41) is 11.5. The van der Waals surface area contributed by atoms with E-state index in [1.54, 1.807) is 19.1 Å². The molecule has 0 aromatic heterocycles. The Balaban J connectivity index is 1.70. The minimum Gasteiger partial charge on any atom is -0.462 e. The van der Waals surface area contributed by atoms with Crippen molar-refractivity contribution in [1.29, 1.82) is 0 Å². The molecule has 28 heavy (non-hydrogen) atoms. The topological polar surface area (TPSA) is 72.8 Å². The summed E-state index contributed by atoms with van der Waals surface area (Å²) in [5.74, 6) is -0.909. The fraction of sp³-hybridized carbons (Fsp3) is 0.636. The number of hydrogen-bond donors (Lipinski definition) is 1. The van der Waals surface area contributed by atoms with Crippen molar-refractivity contribution in [2.45, 2.75) is 50.7 Å². The molecule has 1 aromatic rings. The van der Waals surface area contributed by atoms with E-state index in [2.05, 4.69) is 0 Å². The largest absolute Gasteiger partial charge is 0.462 e. The predicted octanol–water partition coefficient (Wildman–Crippen LogP) is 2.39. The van der Waals surface area contributed by atoms with Crippen molar-refractivity contribution >= 4 is 11.9 Å². The van der Waals surface area contributed by atoms with Crippen LogP contribution in [0.5, 0.6) is 0 Å². The van der Waals surface area contributed by atoms with Gasteiger partial charge in [-0.2, -0.15) is 0 Å². The molecule has 1 aliphatic heterocycles. The van der Waals surface area contributed by atoms with Gasteiger partial charge in [-0.25, -0.2) is 9.59 Å². The molecule has 0 unspecified atom stereocenters. The summed E-state index contributed by atoms with van der Waals surface area (Å²) < 4.78 is 11.4. The van der Waals surface area contributed by atoms with Gasteiger partial charge in [0.2, 0.25) is 0 Å². The molecule has 1 saturated carbocycles. The van der Waals surface area contributed by atoms with Gasteiger partial charge in [0.15, 0.2) is 18.2 Å². The highest BCUT2D eigenvalue weighted by molar-refractivity contribution is 5.81. The van der Waals surface area contributed by atoms with E-state index in [0.717, 1.165) is 32.2 Å². The molecule has 0 radical (unpaired) electrons. The summed E-state index contributed by atoms with van der Waals surface area (Å²) in [6.07, 6.45) is 4.06. The van der Waals surface area contributed by atoms with Gasteiger partial charge in [-0.15, -0.1) is 0 Å². The van der Waals surface area contributed by atoms with Gasteiger partial charge in [0.25, 0.3) is 0 Å². The fourth-order valence-corrected chi connectivity index (χ4v) is 4.69. The molecule has 0 spiro atoms. The smallest absolute Gasteiger partial charge is 0.361 e. The third-order valence-electron chi connectivity index (χ3n) is 6.20. The van der Waals surface area contributed by atoms with Crippen LogP contribution in [0.25, 0.3) is 0 Å². The quantitative estimate of drug-likeness (QED) is 0.572. The molecule has 6 nitrogen and oxygen atoms in total. The van der Waals surface area contributed by atoms with Gasteiger partial charge in [0.1, 0.15) is 6.54 Å². The lowest BCUT2D eigenvalue weighted by molar-refractivity contribution is -0.891. The summed E-state index contributed by atoms with van der Waals surface area (Å²) in [7, 11) is 1.98. The van der Waals surface area contributed by atoms with Gasteiger partial charge >= 0.3 is 11.9 Å². The first kappa shape index (κ1) is 20.8. The number of quaternary nitrogens is 1. The Morgan fingerprint density at radius 3 is 2.50 bits per heavy atom. The van der Waals surface area contributed by atoms with Crippen molar-refractivity contribution in [3.05, 3.63) is 35.9 Å². The number of rotatable bonds is 7. The molecule has 2 aliphatic rings. The van der Waals surface area contributed by atoms with E-state index in [1.165, 1.54) is 0 Å². The molecule has 154 valence electrons. The van der Waals surface area contributed by atoms with Gasteiger partial charge < -0.3 is 19.1 Å². The van der Waals surface area contributed by atoms with Crippen LogP contribution in [0, 0.1) is 5.92 Å². The zero-order valence-electron chi connectivity index (χ0n) is 16.9.